The van der Waals surface area contributed by atoms with E-state index < -0.39 is 17.4 Å². The lowest BCUT2D eigenvalue weighted by atomic mass is 9.72. The molecular weight excluding hydrogens is 344 g/mol. The van der Waals surface area contributed by atoms with Crippen LogP contribution < -0.4 is 5.32 Å². The molecule has 3 aliphatic rings. The number of fused-ring (bicyclic) bond motifs is 3. The predicted molar refractivity (Wildman–Crippen MR) is 100 cm³/mol. The van der Waals surface area contributed by atoms with Gasteiger partial charge < -0.3 is 15.0 Å². The third-order valence-electron chi connectivity index (χ3n) is 6.51. The molecule has 1 saturated carbocycles. The Hall–Kier alpha value is -2.37. The summed E-state index contributed by atoms with van der Waals surface area (Å²) >= 11 is 0. The summed E-state index contributed by atoms with van der Waals surface area (Å²) in [7, 11) is 0. The summed E-state index contributed by atoms with van der Waals surface area (Å²) in [6, 6.07) is 7.54. The number of carbonyl (C=O) groups is 3. The Kier molecular flexibility index (Phi) is 4.44. The van der Waals surface area contributed by atoms with Crippen LogP contribution in [-0.2, 0) is 19.1 Å². The Labute approximate surface area is 159 Å². The maximum atomic E-state index is 13.3. The molecule has 6 nitrogen and oxygen atoms in total. The fraction of sp³-hybridized carbons (Fsp3) is 0.571. The van der Waals surface area contributed by atoms with Crippen molar-refractivity contribution in [3.63, 3.8) is 0 Å². The highest BCUT2D eigenvalue weighted by Crippen LogP contribution is 2.52. The number of ether oxygens (including phenoxy) is 1. The summed E-state index contributed by atoms with van der Waals surface area (Å²) in [5, 5.41) is 2.95. The van der Waals surface area contributed by atoms with Crippen LogP contribution in [0.5, 0.6) is 0 Å². The molecule has 0 spiro atoms. The highest BCUT2D eigenvalue weighted by Gasteiger charge is 2.62. The predicted octanol–water partition coefficient (Wildman–Crippen LogP) is 2.69. The van der Waals surface area contributed by atoms with Gasteiger partial charge in [0.1, 0.15) is 5.54 Å². The summed E-state index contributed by atoms with van der Waals surface area (Å²) in [5.74, 6) is -1.53. The van der Waals surface area contributed by atoms with Crippen molar-refractivity contribution in [2.45, 2.75) is 51.0 Å². The van der Waals surface area contributed by atoms with E-state index in [1.54, 1.807) is 18.7 Å². The fourth-order valence-corrected chi connectivity index (χ4v) is 5.14. The van der Waals surface area contributed by atoms with E-state index in [2.05, 4.69) is 5.32 Å². The van der Waals surface area contributed by atoms with Crippen LogP contribution in [0.1, 0.15) is 51.0 Å². The minimum Gasteiger partial charge on any atom is -0.466 e. The molecule has 1 saturated heterocycles. The molecule has 2 heterocycles. The first-order valence-corrected chi connectivity index (χ1v) is 9.87. The van der Waals surface area contributed by atoms with Crippen molar-refractivity contribution in [2.24, 2.45) is 11.8 Å². The largest absolute Gasteiger partial charge is 0.466 e. The summed E-state index contributed by atoms with van der Waals surface area (Å²) in [5.41, 5.74) is 0.541. The van der Waals surface area contributed by atoms with Gasteiger partial charge in [-0.05, 0) is 38.3 Å². The zero-order valence-electron chi connectivity index (χ0n) is 15.9. The smallest absolute Gasteiger partial charge is 0.311 e. The molecule has 1 aromatic carbocycles. The highest BCUT2D eigenvalue weighted by molar-refractivity contribution is 6.06. The normalized spacial score (nSPS) is 29.9. The van der Waals surface area contributed by atoms with Gasteiger partial charge in [-0.2, -0.15) is 0 Å². The van der Waals surface area contributed by atoms with Gasteiger partial charge in [0.2, 0.25) is 5.91 Å². The van der Waals surface area contributed by atoms with Gasteiger partial charge in [-0.15, -0.1) is 0 Å². The summed E-state index contributed by atoms with van der Waals surface area (Å²) in [4.78, 5) is 40.9. The Balaban J connectivity index is 1.79. The fourth-order valence-electron chi connectivity index (χ4n) is 5.14. The van der Waals surface area contributed by atoms with Crippen LogP contribution >= 0.6 is 0 Å². The number of anilines is 1. The quantitative estimate of drug-likeness (QED) is 0.830. The Morgan fingerprint density at radius 2 is 1.96 bits per heavy atom. The van der Waals surface area contributed by atoms with Crippen molar-refractivity contribution in [1.29, 1.82) is 0 Å². The van der Waals surface area contributed by atoms with Crippen molar-refractivity contribution in [3.8, 4) is 0 Å². The second kappa shape index (κ2) is 6.66. The van der Waals surface area contributed by atoms with E-state index in [0.717, 1.165) is 36.9 Å². The third-order valence-corrected chi connectivity index (χ3v) is 6.51. The molecule has 144 valence electrons. The van der Waals surface area contributed by atoms with Gasteiger partial charge >= 0.3 is 5.97 Å². The highest BCUT2D eigenvalue weighted by atomic mass is 16.5. The number of esters is 1. The minimum absolute atomic E-state index is 0.00123. The van der Waals surface area contributed by atoms with Crippen LogP contribution in [0.4, 0.5) is 5.69 Å². The Morgan fingerprint density at radius 3 is 2.67 bits per heavy atom. The van der Waals surface area contributed by atoms with Gasteiger partial charge in [-0.1, -0.05) is 31.0 Å². The molecule has 0 aromatic heterocycles. The van der Waals surface area contributed by atoms with Crippen molar-refractivity contribution in [3.05, 3.63) is 29.8 Å². The van der Waals surface area contributed by atoms with E-state index in [-0.39, 0.29) is 36.9 Å². The van der Waals surface area contributed by atoms with Crippen LogP contribution in [-0.4, -0.2) is 41.4 Å². The molecule has 2 amide bonds. The Bertz CT molecular complexity index is 786. The molecule has 2 fully saturated rings. The maximum Gasteiger partial charge on any atom is 0.311 e. The zero-order valence-corrected chi connectivity index (χ0v) is 15.9. The van der Waals surface area contributed by atoms with Gasteiger partial charge in [0.05, 0.1) is 12.5 Å². The number of hydrogen-bond donors (Lipinski definition) is 1. The number of benzene rings is 1. The first-order chi connectivity index (χ1) is 13.0. The van der Waals surface area contributed by atoms with Crippen LogP contribution in [0.15, 0.2) is 24.3 Å². The topological polar surface area (TPSA) is 75.7 Å². The summed E-state index contributed by atoms with van der Waals surface area (Å²) < 4.78 is 5.32. The van der Waals surface area contributed by atoms with E-state index in [1.165, 1.54) is 0 Å². The number of para-hydroxylation sites is 1. The molecule has 6 heteroatoms. The number of hydrogen-bond acceptors (Lipinski definition) is 4. The standard InChI is InChI=1S/C21H26N2O4/c1-3-27-19(25)15-12-23(18(24)13-8-4-5-9-13)21(2)17(15)14-10-6-7-11-16(14)22-20(21)26/h6-7,10-11,13,15,17H,3-5,8-9,12H2,1-2H3,(H,22,26)/t15-,17+,21-/m0/s1. The number of carbonyl (C=O) groups excluding carboxylic acids is 3. The first-order valence-electron chi connectivity index (χ1n) is 9.87. The molecule has 2 aliphatic heterocycles. The molecular formula is C21H26N2O4. The van der Waals surface area contributed by atoms with E-state index >= 15 is 0 Å². The van der Waals surface area contributed by atoms with Gasteiger partial charge in [0.15, 0.2) is 0 Å². The zero-order chi connectivity index (χ0) is 19.2. The second-order valence-corrected chi connectivity index (χ2v) is 7.96. The molecule has 1 aliphatic carbocycles. The molecule has 0 radical (unpaired) electrons. The molecule has 0 unspecified atom stereocenters. The third kappa shape index (κ3) is 2.65. The van der Waals surface area contributed by atoms with Gasteiger partial charge in [-0.25, -0.2) is 0 Å². The number of nitrogens with zero attached hydrogens (tertiary/aromatic N) is 1. The second-order valence-electron chi connectivity index (χ2n) is 7.96. The van der Waals surface area contributed by atoms with Crippen LogP contribution in [0.2, 0.25) is 0 Å². The number of likely N-dealkylation sites (tertiary alicyclic amines) is 1. The van der Waals surface area contributed by atoms with Gasteiger partial charge in [0.25, 0.3) is 5.91 Å². The average Bonchev–Trinajstić information content (AvgIpc) is 3.29. The maximum absolute atomic E-state index is 13.3. The van der Waals surface area contributed by atoms with E-state index in [1.807, 2.05) is 24.3 Å². The number of nitrogens with one attached hydrogen (secondary N) is 1. The molecule has 0 bridgehead atoms. The van der Waals surface area contributed by atoms with Crippen molar-refractivity contribution < 1.29 is 19.1 Å². The first kappa shape index (κ1) is 18.0. The molecule has 4 rings (SSSR count). The van der Waals surface area contributed by atoms with Crippen molar-refractivity contribution >= 4 is 23.5 Å². The van der Waals surface area contributed by atoms with Gasteiger partial charge in [0, 0.05) is 24.1 Å². The van der Waals surface area contributed by atoms with Crippen molar-refractivity contribution in [1.82, 2.24) is 4.90 Å². The van der Waals surface area contributed by atoms with Crippen LogP contribution in [0.3, 0.4) is 0 Å². The minimum atomic E-state index is -1.08. The van der Waals surface area contributed by atoms with E-state index in [0.29, 0.717) is 0 Å². The Morgan fingerprint density at radius 1 is 1.26 bits per heavy atom. The van der Waals surface area contributed by atoms with Crippen LogP contribution in [0, 0.1) is 11.8 Å². The summed E-state index contributed by atoms with van der Waals surface area (Å²) in [6.07, 6.45) is 3.80. The monoisotopic (exact) mass is 370 g/mol. The molecule has 27 heavy (non-hydrogen) atoms. The summed E-state index contributed by atoms with van der Waals surface area (Å²) in [6.45, 7) is 4.09. The molecule has 1 N–H and O–H groups in total. The average molecular weight is 370 g/mol. The lowest BCUT2D eigenvalue weighted by Crippen LogP contribution is -2.58. The molecule has 3 atom stereocenters. The number of amides is 2. The van der Waals surface area contributed by atoms with Crippen molar-refractivity contribution in [2.75, 3.05) is 18.5 Å². The van der Waals surface area contributed by atoms with Crippen LogP contribution in [0.25, 0.3) is 0 Å². The van der Waals surface area contributed by atoms with E-state index in [9.17, 15) is 14.4 Å². The lowest BCUT2D eigenvalue weighted by Gasteiger charge is -2.42. The molecule has 1 aromatic rings. The van der Waals surface area contributed by atoms with E-state index in [4.69, 9.17) is 4.74 Å². The van der Waals surface area contributed by atoms with Gasteiger partial charge in [-0.3, -0.25) is 14.4 Å². The lowest BCUT2D eigenvalue weighted by molar-refractivity contribution is -0.148. The number of rotatable bonds is 3. The SMILES string of the molecule is CCOC(=O)[C@H]1CN(C(=O)C2CCCC2)[C@]2(C)C(=O)Nc3ccccc3[C@H]12.